The fourth-order valence-electron chi connectivity index (χ4n) is 1.47. The molecule has 1 aromatic carbocycles. The number of hydrogen-bond donors (Lipinski definition) is 0. The maximum atomic E-state index is 12.8. The van der Waals surface area contributed by atoms with Crippen molar-refractivity contribution in [1.82, 2.24) is 14.3 Å². The molecule has 0 aliphatic rings. The van der Waals surface area contributed by atoms with Gasteiger partial charge in [0.25, 0.3) is 0 Å². The summed E-state index contributed by atoms with van der Waals surface area (Å²) in [7, 11) is 1.32. The molecule has 0 saturated heterocycles. The average molecular weight is 277 g/mol. The Morgan fingerprint density at radius 3 is 2.22 bits per heavy atom. The van der Waals surface area contributed by atoms with E-state index >= 15 is 0 Å². The molecular formula is C10H7F4N3S. The van der Waals surface area contributed by atoms with E-state index in [1.54, 1.807) is 0 Å². The molecule has 0 aliphatic heterocycles. The van der Waals surface area contributed by atoms with E-state index in [9.17, 15) is 17.6 Å². The van der Waals surface area contributed by atoms with Crippen LogP contribution in [0.5, 0.6) is 0 Å². The van der Waals surface area contributed by atoms with Crippen molar-refractivity contribution in [3.05, 3.63) is 40.7 Å². The molecule has 0 fully saturated rings. The Hall–Kier alpha value is -1.70. The number of nitrogens with zero attached hydrogens (tertiary/aromatic N) is 3. The highest BCUT2D eigenvalue weighted by Crippen LogP contribution is 2.29. The van der Waals surface area contributed by atoms with Gasteiger partial charge in [0, 0.05) is 7.05 Å². The lowest BCUT2D eigenvalue weighted by Crippen LogP contribution is -2.14. The molecule has 3 nitrogen and oxygen atoms in total. The lowest BCUT2D eigenvalue weighted by molar-refractivity contribution is -0.146. The Morgan fingerprint density at radius 2 is 1.72 bits per heavy atom. The average Bonchev–Trinajstić information content (AvgIpc) is 2.57. The van der Waals surface area contributed by atoms with Gasteiger partial charge in [-0.15, -0.1) is 5.10 Å². The molecule has 8 heteroatoms. The Bertz CT molecular complexity index is 624. The van der Waals surface area contributed by atoms with Crippen molar-refractivity contribution >= 4 is 12.2 Å². The summed E-state index contributed by atoms with van der Waals surface area (Å²) in [5.74, 6) is -1.68. The van der Waals surface area contributed by atoms with Gasteiger partial charge in [-0.2, -0.15) is 13.2 Å². The van der Waals surface area contributed by atoms with Crippen molar-refractivity contribution in [3.63, 3.8) is 0 Å². The molecule has 0 aliphatic carbocycles. The normalized spacial score (nSPS) is 11.8. The van der Waals surface area contributed by atoms with Crippen LogP contribution in [0.3, 0.4) is 0 Å². The fraction of sp³-hybridized carbons (Fsp3) is 0.200. The van der Waals surface area contributed by atoms with E-state index in [0.29, 0.717) is 0 Å². The summed E-state index contributed by atoms with van der Waals surface area (Å²) < 4.78 is 52.7. The van der Waals surface area contributed by atoms with Crippen LogP contribution in [0.25, 0.3) is 5.69 Å². The summed E-state index contributed by atoms with van der Waals surface area (Å²) in [5.41, 5.74) is 0.113. The van der Waals surface area contributed by atoms with Crippen molar-refractivity contribution in [2.75, 3.05) is 0 Å². The summed E-state index contributed by atoms with van der Waals surface area (Å²) in [6.07, 6.45) is -4.64. The molecule has 0 bridgehead atoms. The predicted molar refractivity (Wildman–Crippen MR) is 58.3 cm³/mol. The largest absolute Gasteiger partial charge is 0.452 e. The highest BCUT2D eigenvalue weighted by molar-refractivity contribution is 7.71. The summed E-state index contributed by atoms with van der Waals surface area (Å²) in [5, 5.41) is 3.34. The van der Waals surface area contributed by atoms with Crippen LogP contribution in [0.15, 0.2) is 24.3 Å². The van der Waals surface area contributed by atoms with E-state index in [-0.39, 0.29) is 10.5 Å². The van der Waals surface area contributed by atoms with E-state index in [1.165, 1.54) is 19.2 Å². The molecule has 0 unspecified atom stereocenters. The number of alkyl halides is 3. The Morgan fingerprint density at radius 1 is 1.17 bits per heavy atom. The number of aromatic nitrogens is 3. The fourth-order valence-corrected chi connectivity index (χ4v) is 1.70. The van der Waals surface area contributed by atoms with Crippen LogP contribution in [0.4, 0.5) is 17.6 Å². The molecule has 1 aromatic heterocycles. The number of halogens is 4. The zero-order valence-corrected chi connectivity index (χ0v) is 9.89. The van der Waals surface area contributed by atoms with E-state index < -0.39 is 17.8 Å². The Balaban J connectivity index is 2.70. The van der Waals surface area contributed by atoms with E-state index in [0.717, 1.165) is 21.4 Å². The lowest BCUT2D eigenvalue weighted by Gasteiger charge is -2.08. The molecule has 0 atom stereocenters. The Kier molecular flexibility index (Phi) is 2.97. The predicted octanol–water partition coefficient (Wildman–Crippen LogP) is 3.10. The summed E-state index contributed by atoms with van der Waals surface area (Å²) in [6.45, 7) is 0. The van der Waals surface area contributed by atoms with Crippen LogP contribution >= 0.6 is 12.2 Å². The van der Waals surface area contributed by atoms with E-state index in [1.807, 2.05) is 0 Å². The van der Waals surface area contributed by atoms with Crippen molar-refractivity contribution in [3.8, 4) is 5.69 Å². The molecule has 0 saturated carbocycles. The summed E-state index contributed by atoms with van der Waals surface area (Å²) in [4.78, 5) is 0. The number of rotatable bonds is 1. The number of benzene rings is 1. The standard InChI is InChI=1S/C10H7F4N3S/c1-16-9(18)17(8(15-16)10(12,13)14)7-4-2-6(11)3-5-7/h2-5H,1H3. The number of aryl methyl sites for hydroxylation is 1. The quantitative estimate of drug-likeness (QED) is 0.590. The first-order chi connectivity index (χ1) is 8.30. The molecule has 0 spiro atoms. The summed E-state index contributed by atoms with van der Waals surface area (Å²) in [6, 6.07) is 4.54. The van der Waals surface area contributed by atoms with Gasteiger partial charge in [-0.3, -0.25) is 4.57 Å². The molecule has 2 aromatic rings. The van der Waals surface area contributed by atoms with Crippen LogP contribution in [0.1, 0.15) is 5.82 Å². The van der Waals surface area contributed by atoms with Gasteiger partial charge in [-0.1, -0.05) is 0 Å². The van der Waals surface area contributed by atoms with Crippen LogP contribution in [0.2, 0.25) is 0 Å². The third-order valence-electron chi connectivity index (χ3n) is 2.26. The van der Waals surface area contributed by atoms with Gasteiger partial charge in [0.1, 0.15) is 5.82 Å². The van der Waals surface area contributed by atoms with E-state index in [4.69, 9.17) is 12.2 Å². The van der Waals surface area contributed by atoms with Gasteiger partial charge in [-0.05, 0) is 36.5 Å². The van der Waals surface area contributed by atoms with Crippen LogP contribution in [-0.2, 0) is 13.2 Å². The SMILES string of the molecule is Cn1nc(C(F)(F)F)n(-c2ccc(F)cc2)c1=S. The zero-order chi connectivity index (χ0) is 13.5. The zero-order valence-electron chi connectivity index (χ0n) is 9.07. The lowest BCUT2D eigenvalue weighted by atomic mass is 10.3. The minimum atomic E-state index is -4.64. The van der Waals surface area contributed by atoms with Crippen molar-refractivity contribution in [1.29, 1.82) is 0 Å². The van der Waals surface area contributed by atoms with E-state index in [2.05, 4.69) is 5.10 Å². The second kappa shape index (κ2) is 4.20. The van der Waals surface area contributed by atoms with Crippen LogP contribution in [0, 0.1) is 10.6 Å². The van der Waals surface area contributed by atoms with Gasteiger partial charge < -0.3 is 0 Å². The summed E-state index contributed by atoms with van der Waals surface area (Å²) >= 11 is 4.87. The third-order valence-corrected chi connectivity index (χ3v) is 2.71. The minimum Gasteiger partial charge on any atom is -0.264 e. The topological polar surface area (TPSA) is 22.8 Å². The highest BCUT2D eigenvalue weighted by atomic mass is 32.1. The molecule has 0 radical (unpaired) electrons. The Labute approximate surface area is 104 Å². The molecule has 2 rings (SSSR count). The second-order valence-corrected chi connectivity index (χ2v) is 3.90. The van der Waals surface area contributed by atoms with Crippen LogP contribution < -0.4 is 0 Å². The van der Waals surface area contributed by atoms with Crippen LogP contribution in [-0.4, -0.2) is 14.3 Å². The molecule has 0 amide bonds. The van der Waals surface area contributed by atoms with Crippen molar-refractivity contribution in [2.24, 2.45) is 7.05 Å². The highest BCUT2D eigenvalue weighted by Gasteiger charge is 2.38. The smallest absolute Gasteiger partial charge is 0.264 e. The second-order valence-electron chi connectivity index (χ2n) is 3.54. The number of hydrogen-bond acceptors (Lipinski definition) is 2. The first-order valence-corrected chi connectivity index (χ1v) is 5.20. The van der Waals surface area contributed by atoms with Gasteiger partial charge in [0.15, 0.2) is 0 Å². The van der Waals surface area contributed by atoms with Gasteiger partial charge in [0.05, 0.1) is 5.69 Å². The maximum Gasteiger partial charge on any atom is 0.452 e. The molecule has 0 N–H and O–H groups in total. The van der Waals surface area contributed by atoms with Gasteiger partial charge in [-0.25, -0.2) is 9.07 Å². The molecule has 96 valence electrons. The molecule has 1 heterocycles. The van der Waals surface area contributed by atoms with Gasteiger partial charge in [0.2, 0.25) is 10.6 Å². The van der Waals surface area contributed by atoms with Gasteiger partial charge >= 0.3 is 6.18 Å². The first kappa shape index (κ1) is 12.7. The molecule has 18 heavy (non-hydrogen) atoms. The minimum absolute atomic E-state index is 0.113. The monoisotopic (exact) mass is 277 g/mol. The van der Waals surface area contributed by atoms with Crippen molar-refractivity contribution in [2.45, 2.75) is 6.18 Å². The maximum absolute atomic E-state index is 12.8. The third kappa shape index (κ3) is 2.15. The molecular weight excluding hydrogens is 270 g/mol. The van der Waals surface area contributed by atoms with Crippen molar-refractivity contribution < 1.29 is 17.6 Å². The first-order valence-electron chi connectivity index (χ1n) is 4.80.